The average molecular weight is 225 g/mol. The van der Waals surface area contributed by atoms with Crippen LogP contribution in [0.5, 0.6) is 5.75 Å². The molecule has 1 aromatic heterocycles. The average Bonchev–Trinajstić information content (AvgIpc) is 2.63. The zero-order valence-corrected chi connectivity index (χ0v) is 8.54. The lowest BCUT2D eigenvalue weighted by Gasteiger charge is -2.04. The van der Waals surface area contributed by atoms with E-state index in [0.29, 0.717) is 5.76 Å². The molecule has 2 aromatic rings. The van der Waals surface area contributed by atoms with Crippen LogP contribution in [0.15, 0.2) is 28.8 Å². The molecular weight excluding hydrogens is 216 g/mol. The maximum absolute atomic E-state index is 13.1. The van der Waals surface area contributed by atoms with E-state index in [0.717, 1.165) is 17.8 Å². The van der Waals surface area contributed by atoms with Gasteiger partial charge in [-0.1, -0.05) is 5.16 Å². The molecule has 0 unspecified atom stereocenters. The molecule has 0 aliphatic carbocycles. The zero-order chi connectivity index (χ0) is 11.5. The van der Waals surface area contributed by atoms with Crippen LogP contribution < -0.4 is 4.74 Å². The second kappa shape index (κ2) is 4.30. The predicted octanol–water partition coefficient (Wildman–Crippen LogP) is 2.84. The molecule has 5 heteroatoms. The molecule has 0 spiro atoms. The van der Waals surface area contributed by atoms with Crippen molar-refractivity contribution in [2.24, 2.45) is 0 Å². The van der Waals surface area contributed by atoms with E-state index in [9.17, 15) is 8.78 Å². The van der Waals surface area contributed by atoms with Gasteiger partial charge in [-0.25, -0.2) is 8.78 Å². The summed E-state index contributed by atoms with van der Waals surface area (Å²) in [6, 6.07) is 4.81. The highest BCUT2D eigenvalue weighted by atomic mass is 19.1. The maximum Gasteiger partial charge on any atom is 0.174 e. The van der Waals surface area contributed by atoms with Crippen LogP contribution in [0.2, 0.25) is 0 Å². The van der Waals surface area contributed by atoms with Gasteiger partial charge in [-0.15, -0.1) is 0 Å². The van der Waals surface area contributed by atoms with Crippen LogP contribution in [0.25, 0.3) is 0 Å². The Hall–Kier alpha value is -1.91. The number of benzene rings is 1. The molecule has 0 saturated heterocycles. The van der Waals surface area contributed by atoms with E-state index in [1.165, 1.54) is 6.07 Å². The number of rotatable bonds is 3. The fraction of sp³-hybridized carbons (Fsp3) is 0.182. The van der Waals surface area contributed by atoms with Gasteiger partial charge < -0.3 is 9.26 Å². The Morgan fingerprint density at radius 3 is 2.75 bits per heavy atom. The fourth-order valence-corrected chi connectivity index (χ4v) is 1.23. The monoisotopic (exact) mass is 225 g/mol. The van der Waals surface area contributed by atoms with Gasteiger partial charge in [0.15, 0.2) is 17.3 Å². The van der Waals surface area contributed by atoms with Gasteiger partial charge in [-0.3, -0.25) is 0 Å². The van der Waals surface area contributed by atoms with Gasteiger partial charge in [0.1, 0.15) is 12.4 Å². The summed E-state index contributed by atoms with van der Waals surface area (Å²) in [5.74, 6) is -0.909. The number of aryl methyl sites for hydroxylation is 1. The van der Waals surface area contributed by atoms with Gasteiger partial charge in [0, 0.05) is 12.1 Å². The third-order valence-electron chi connectivity index (χ3n) is 1.94. The molecule has 3 nitrogen and oxygen atoms in total. The van der Waals surface area contributed by atoms with E-state index in [2.05, 4.69) is 5.16 Å². The molecule has 0 aliphatic rings. The minimum atomic E-state index is -0.740. The third-order valence-corrected chi connectivity index (χ3v) is 1.94. The summed E-state index contributed by atoms with van der Waals surface area (Å²) in [4.78, 5) is 0. The lowest BCUT2D eigenvalue weighted by molar-refractivity contribution is 0.239. The number of hydrogen-bond donors (Lipinski definition) is 0. The second-order valence-corrected chi connectivity index (χ2v) is 3.30. The number of aromatic nitrogens is 1. The normalized spacial score (nSPS) is 10.4. The molecular formula is C11H9F2NO2. The Kier molecular flexibility index (Phi) is 2.85. The van der Waals surface area contributed by atoms with Crippen molar-refractivity contribution in [1.82, 2.24) is 5.16 Å². The van der Waals surface area contributed by atoms with Crippen molar-refractivity contribution in [3.63, 3.8) is 0 Å². The SMILES string of the molecule is Cc1cc(COc2ccc(F)cc2F)on1. The molecule has 2 rings (SSSR count). The van der Waals surface area contributed by atoms with Crippen molar-refractivity contribution in [3.05, 3.63) is 47.4 Å². The van der Waals surface area contributed by atoms with E-state index >= 15 is 0 Å². The Morgan fingerprint density at radius 1 is 1.31 bits per heavy atom. The first-order valence-corrected chi connectivity index (χ1v) is 4.65. The zero-order valence-electron chi connectivity index (χ0n) is 8.54. The first-order valence-electron chi connectivity index (χ1n) is 4.65. The molecule has 0 bridgehead atoms. The largest absolute Gasteiger partial charge is 0.482 e. The van der Waals surface area contributed by atoms with Crippen molar-refractivity contribution in [2.45, 2.75) is 13.5 Å². The van der Waals surface area contributed by atoms with Crippen LogP contribution in [-0.4, -0.2) is 5.16 Å². The van der Waals surface area contributed by atoms with E-state index < -0.39 is 11.6 Å². The summed E-state index contributed by atoms with van der Waals surface area (Å²) in [5, 5.41) is 3.66. The number of hydrogen-bond acceptors (Lipinski definition) is 3. The summed E-state index contributed by atoms with van der Waals surface area (Å²) in [5.41, 5.74) is 0.721. The third kappa shape index (κ3) is 2.36. The topological polar surface area (TPSA) is 35.3 Å². The van der Waals surface area contributed by atoms with Gasteiger partial charge in [-0.05, 0) is 19.1 Å². The minimum absolute atomic E-state index is 0.0181. The Bertz CT molecular complexity index is 496. The minimum Gasteiger partial charge on any atom is -0.482 e. The summed E-state index contributed by atoms with van der Waals surface area (Å²) in [6.07, 6.45) is 0. The second-order valence-electron chi connectivity index (χ2n) is 3.30. The Balaban J connectivity index is 2.04. The van der Waals surface area contributed by atoms with Crippen LogP contribution in [-0.2, 0) is 6.61 Å². The van der Waals surface area contributed by atoms with Crippen LogP contribution in [0, 0.1) is 18.6 Å². The van der Waals surface area contributed by atoms with Crippen LogP contribution in [0.3, 0.4) is 0 Å². The molecule has 1 aromatic carbocycles. The highest BCUT2D eigenvalue weighted by Gasteiger charge is 2.07. The Labute approximate surface area is 90.6 Å². The van der Waals surface area contributed by atoms with E-state index in [4.69, 9.17) is 9.26 Å². The Morgan fingerprint density at radius 2 is 2.12 bits per heavy atom. The smallest absolute Gasteiger partial charge is 0.174 e. The van der Waals surface area contributed by atoms with Crippen LogP contribution in [0.4, 0.5) is 8.78 Å². The van der Waals surface area contributed by atoms with Gasteiger partial charge in [0.2, 0.25) is 0 Å². The molecule has 1 heterocycles. The standard InChI is InChI=1S/C11H9F2NO2/c1-7-4-9(16-14-7)6-15-11-3-2-8(12)5-10(11)13/h2-5H,6H2,1H3. The molecule has 16 heavy (non-hydrogen) atoms. The van der Waals surface area contributed by atoms with Crippen LogP contribution in [0.1, 0.15) is 11.5 Å². The fourth-order valence-electron chi connectivity index (χ4n) is 1.23. The van der Waals surface area contributed by atoms with Crippen molar-refractivity contribution in [3.8, 4) is 5.75 Å². The lowest BCUT2D eigenvalue weighted by Crippen LogP contribution is -1.96. The summed E-state index contributed by atoms with van der Waals surface area (Å²) in [6.45, 7) is 1.83. The summed E-state index contributed by atoms with van der Waals surface area (Å²) < 4.78 is 35.7. The predicted molar refractivity (Wildman–Crippen MR) is 51.9 cm³/mol. The van der Waals surface area contributed by atoms with Crippen molar-refractivity contribution >= 4 is 0 Å². The summed E-state index contributed by atoms with van der Waals surface area (Å²) >= 11 is 0. The van der Waals surface area contributed by atoms with Gasteiger partial charge in [0.05, 0.1) is 5.69 Å². The van der Waals surface area contributed by atoms with E-state index in [1.807, 2.05) is 0 Å². The van der Waals surface area contributed by atoms with Gasteiger partial charge in [0.25, 0.3) is 0 Å². The van der Waals surface area contributed by atoms with Crippen molar-refractivity contribution in [1.29, 1.82) is 0 Å². The molecule has 84 valence electrons. The van der Waals surface area contributed by atoms with Crippen LogP contribution >= 0.6 is 0 Å². The first kappa shape index (κ1) is 10.6. The highest BCUT2D eigenvalue weighted by Crippen LogP contribution is 2.19. The quantitative estimate of drug-likeness (QED) is 0.805. The van der Waals surface area contributed by atoms with Crippen molar-refractivity contribution in [2.75, 3.05) is 0 Å². The molecule has 0 aliphatic heterocycles. The molecule has 0 fully saturated rings. The van der Waals surface area contributed by atoms with Gasteiger partial charge >= 0.3 is 0 Å². The number of nitrogens with zero attached hydrogens (tertiary/aromatic N) is 1. The number of ether oxygens (including phenoxy) is 1. The van der Waals surface area contributed by atoms with Crippen molar-refractivity contribution < 1.29 is 18.0 Å². The molecule has 0 N–H and O–H groups in total. The molecule has 0 radical (unpaired) electrons. The first-order chi connectivity index (χ1) is 7.65. The lowest BCUT2D eigenvalue weighted by atomic mass is 10.3. The van der Waals surface area contributed by atoms with E-state index in [-0.39, 0.29) is 12.4 Å². The number of halogens is 2. The molecule has 0 atom stereocenters. The van der Waals surface area contributed by atoms with E-state index in [1.54, 1.807) is 13.0 Å². The molecule has 0 saturated carbocycles. The maximum atomic E-state index is 13.1. The molecule has 0 amide bonds. The van der Waals surface area contributed by atoms with Gasteiger partial charge in [-0.2, -0.15) is 0 Å². The highest BCUT2D eigenvalue weighted by molar-refractivity contribution is 5.24. The summed E-state index contributed by atoms with van der Waals surface area (Å²) in [7, 11) is 0.